The van der Waals surface area contributed by atoms with Crippen molar-refractivity contribution in [3.8, 4) is 0 Å². The molecule has 4 N–H and O–H groups in total. The first-order valence-electron chi connectivity index (χ1n) is 3.51. The van der Waals surface area contributed by atoms with Crippen LogP contribution in [0.25, 0.3) is 0 Å². The van der Waals surface area contributed by atoms with E-state index >= 15 is 0 Å². The van der Waals surface area contributed by atoms with Gasteiger partial charge in [0.2, 0.25) is 0 Å². The molecule has 0 radical (unpaired) electrons. The van der Waals surface area contributed by atoms with Crippen molar-refractivity contribution in [2.24, 2.45) is 0 Å². The summed E-state index contributed by atoms with van der Waals surface area (Å²) in [4.78, 5) is 9.97. The van der Waals surface area contributed by atoms with Gasteiger partial charge in [-0.1, -0.05) is 0 Å². The van der Waals surface area contributed by atoms with Crippen LogP contribution < -0.4 is 40.2 Å². The summed E-state index contributed by atoms with van der Waals surface area (Å²) in [5.41, 5.74) is 0. The number of aliphatic hydroxyl groups excluding tert-OH is 1. The smallest absolute Gasteiger partial charge is 1.00 e. The second-order valence-electron chi connectivity index (χ2n) is 2.04. The minimum absolute atomic E-state index is 0. The largest absolute Gasteiger partial charge is 1.00 e. The molecule has 0 fully saturated rings. The fourth-order valence-electron chi connectivity index (χ4n) is 0.576. The third-order valence-corrected chi connectivity index (χ3v) is 1.04. The van der Waals surface area contributed by atoms with E-state index in [0.29, 0.717) is 19.6 Å². The molecule has 0 aliphatic rings. The van der Waals surface area contributed by atoms with Gasteiger partial charge in [0.15, 0.2) is 0 Å². The summed E-state index contributed by atoms with van der Waals surface area (Å²) in [6.07, 6.45) is 0. The van der Waals surface area contributed by atoms with E-state index in [9.17, 15) is 4.79 Å². The van der Waals surface area contributed by atoms with E-state index in [4.69, 9.17) is 10.2 Å². The Hall–Kier alpha value is 0.350. The van der Waals surface area contributed by atoms with Gasteiger partial charge in [-0.2, -0.15) is 0 Å². The van der Waals surface area contributed by atoms with Crippen LogP contribution in [0.4, 0.5) is 0 Å². The van der Waals surface area contributed by atoms with Crippen LogP contribution in [0, 0.1) is 0 Å². The Bertz CT molecular complexity index is 118. The van der Waals surface area contributed by atoms with Gasteiger partial charge in [-0.25, -0.2) is 0 Å². The molecule has 0 aliphatic heterocycles. The van der Waals surface area contributed by atoms with Gasteiger partial charge >= 0.3 is 35.5 Å². The minimum atomic E-state index is -0.854. The molecule has 0 amide bonds. The average Bonchev–Trinajstić information content (AvgIpc) is 1.96. The van der Waals surface area contributed by atoms with Gasteiger partial charge in [0, 0.05) is 19.6 Å². The Morgan fingerprint density at radius 3 is 2.33 bits per heavy atom. The topological polar surface area (TPSA) is 81.6 Å². The molecular formula is C6H15N2NaO3. The van der Waals surface area contributed by atoms with Crippen LogP contribution in [0.3, 0.4) is 0 Å². The van der Waals surface area contributed by atoms with Crippen molar-refractivity contribution in [2.45, 2.75) is 0 Å². The van der Waals surface area contributed by atoms with Gasteiger partial charge in [0.1, 0.15) is 0 Å². The summed E-state index contributed by atoms with van der Waals surface area (Å²) in [5, 5.41) is 22.1. The van der Waals surface area contributed by atoms with Gasteiger partial charge in [-0.05, 0) is 0 Å². The normalized spacial score (nSPS) is 9.08. The van der Waals surface area contributed by atoms with E-state index in [1.165, 1.54) is 0 Å². The summed E-state index contributed by atoms with van der Waals surface area (Å²) < 4.78 is 0. The molecule has 0 aromatic heterocycles. The molecule has 0 saturated heterocycles. The number of carboxylic acid groups (broad SMARTS) is 1. The van der Waals surface area contributed by atoms with Gasteiger partial charge in [-0.15, -0.1) is 0 Å². The van der Waals surface area contributed by atoms with Crippen LogP contribution in [0.5, 0.6) is 0 Å². The summed E-state index contributed by atoms with van der Waals surface area (Å²) in [7, 11) is 0. The second kappa shape index (κ2) is 11.4. The number of nitrogens with one attached hydrogen (secondary N) is 2. The van der Waals surface area contributed by atoms with Crippen LogP contribution in [-0.2, 0) is 4.79 Å². The fraction of sp³-hybridized carbons (Fsp3) is 0.833. The molecule has 0 heterocycles. The van der Waals surface area contributed by atoms with Gasteiger partial charge in [0.25, 0.3) is 0 Å². The standard InChI is InChI=1S/C6H14N2O3.Na.H/c9-4-3-7-1-2-8-5-6(10)11;;/h7-9H,1-5H2,(H,10,11);;/q;+1;-1. The van der Waals surface area contributed by atoms with Crippen LogP contribution in [0.15, 0.2) is 0 Å². The minimum Gasteiger partial charge on any atom is -1.00 e. The SMILES string of the molecule is O=C(O)CNCCNCCO.[H-].[Na+]. The first-order valence-corrected chi connectivity index (χ1v) is 3.51. The fourth-order valence-corrected chi connectivity index (χ4v) is 0.576. The molecule has 68 valence electrons. The van der Waals surface area contributed by atoms with Crippen LogP contribution in [-0.4, -0.2) is 49.0 Å². The summed E-state index contributed by atoms with van der Waals surface area (Å²) in [6.45, 7) is 1.93. The number of rotatable bonds is 7. The number of hydrogen-bond acceptors (Lipinski definition) is 4. The number of aliphatic hydroxyl groups is 1. The molecule has 0 rings (SSSR count). The molecule has 0 saturated carbocycles. The van der Waals surface area contributed by atoms with Crippen molar-refractivity contribution < 1.29 is 46.0 Å². The first kappa shape index (κ1) is 14.9. The molecular weight excluding hydrogens is 171 g/mol. The molecule has 5 nitrogen and oxygen atoms in total. The summed E-state index contributed by atoms with van der Waals surface area (Å²) >= 11 is 0. The Balaban J connectivity index is -0.000000500. The van der Waals surface area contributed by atoms with Gasteiger partial charge in [0.05, 0.1) is 13.2 Å². The van der Waals surface area contributed by atoms with E-state index in [1.807, 2.05) is 0 Å². The van der Waals surface area contributed by atoms with Gasteiger partial charge in [-0.3, -0.25) is 4.79 Å². The quantitative estimate of drug-likeness (QED) is 0.237. The van der Waals surface area contributed by atoms with Crippen molar-refractivity contribution in [3.05, 3.63) is 0 Å². The maximum Gasteiger partial charge on any atom is 1.00 e. The molecule has 0 unspecified atom stereocenters. The van der Waals surface area contributed by atoms with Gasteiger partial charge < -0.3 is 22.3 Å². The number of aliphatic carboxylic acids is 1. The van der Waals surface area contributed by atoms with Crippen LogP contribution in [0.2, 0.25) is 0 Å². The molecule has 0 aliphatic carbocycles. The van der Waals surface area contributed by atoms with E-state index in [2.05, 4.69) is 10.6 Å². The third kappa shape index (κ3) is 13.0. The van der Waals surface area contributed by atoms with Crippen LogP contribution >= 0.6 is 0 Å². The predicted molar refractivity (Wildman–Crippen MR) is 41.6 cm³/mol. The number of hydrogen-bond donors (Lipinski definition) is 4. The van der Waals surface area contributed by atoms with E-state index < -0.39 is 5.97 Å². The number of carbonyl (C=O) groups is 1. The maximum absolute atomic E-state index is 9.97. The predicted octanol–water partition coefficient (Wildman–Crippen LogP) is -4.64. The Morgan fingerprint density at radius 2 is 1.83 bits per heavy atom. The Morgan fingerprint density at radius 1 is 1.25 bits per heavy atom. The molecule has 0 aromatic carbocycles. The molecule has 0 bridgehead atoms. The maximum atomic E-state index is 9.97. The summed E-state index contributed by atoms with van der Waals surface area (Å²) in [5.74, 6) is -0.854. The zero-order valence-corrected chi connectivity index (χ0v) is 9.34. The Kier molecular flexibility index (Phi) is 14.0. The Labute approximate surface area is 95.3 Å². The van der Waals surface area contributed by atoms with Crippen molar-refractivity contribution in [3.63, 3.8) is 0 Å². The number of carboxylic acids is 1. The molecule has 0 spiro atoms. The van der Waals surface area contributed by atoms with Crippen molar-refractivity contribution in [1.82, 2.24) is 10.6 Å². The van der Waals surface area contributed by atoms with E-state index in [-0.39, 0.29) is 44.1 Å². The molecule has 0 atom stereocenters. The molecule has 0 aromatic rings. The van der Waals surface area contributed by atoms with Crippen molar-refractivity contribution >= 4 is 5.97 Å². The van der Waals surface area contributed by atoms with Crippen LogP contribution in [0.1, 0.15) is 1.43 Å². The molecule has 12 heavy (non-hydrogen) atoms. The van der Waals surface area contributed by atoms with Crippen molar-refractivity contribution in [1.29, 1.82) is 0 Å². The monoisotopic (exact) mass is 186 g/mol. The van der Waals surface area contributed by atoms with E-state index in [0.717, 1.165) is 0 Å². The zero-order chi connectivity index (χ0) is 8.53. The van der Waals surface area contributed by atoms with Crippen molar-refractivity contribution in [2.75, 3.05) is 32.8 Å². The molecule has 6 heteroatoms. The summed E-state index contributed by atoms with van der Waals surface area (Å²) in [6, 6.07) is 0. The van der Waals surface area contributed by atoms with E-state index in [1.54, 1.807) is 0 Å². The second-order valence-corrected chi connectivity index (χ2v) is 2.04. The third-order valence-electron chi connectivity index (χ3n) is 1.04. The first-order chi connectivity index (χ1) is 5.27. The zero-order valence-electron chi connectivity index (χ0n) is 8.34. The average molecular weight is 186 g/mol.